The van der Waals surface area contributed by atoms with Crippen molar-refractivity contribution in [2.24, 2.45) is 0 Å². The summed E-state index contributed by atoms with van der Waals surface area (Å²) in [5.74, 6) is -0.331. The number of nitrogens with one attached hydrogen (secondary N) is 1. The highest BCUT2D eigenvalue weighted by molar-refractivity contribution is 6.22. The van der Waals surface area contributed by atoms with Gasteiger partial charge in [-0.3, -0.25) is 4.79 Å². The maximum atomic E-state index is 13.0. The smallest absolute Gasteiger partial charge is 0.339 e. The number of carbonyl (C=O) groups excluding carboxylic acids is 2. The van der Waals surface area contributed by atoms with Gasteiger partial charge in [0.05, 0.1) is 12.7 Å². The van der Waals surface area contributed by atoms with E-state index in [0.717, 1.165) is 28.8 Å². The van der Waals surface area contributed by atoms with Crippen LogP contribution in [0.25, 0.3) is 11.6 Å². The molecule has 3 aromatic carbocycles. The van der Waals surface area contributed by atoms with Gasteiger partial charge in [-0.25, -0.2) is 4.79 Å². The van der Waals surface area contributed by atoms with Crippen LogP contribution < -0.4 is 10.1 Å². The summed E-state index contributed by atoms with van der Waals surface area (Å²) in [6.45, 7) is 3.58. The highest BCUT2D eigenvalue weighted by Crippen LogP contribution is 2.26. The third-order valence-corrected chi connectivity index (χ3v) is 5.08. The van der Waals surface area contributed by atoms with Crippen LogP contribution >= 0.6 is 0 Å². The van der Waals surface area contributed by atoms with Gasteiger partial charge in [0, 0.05) is 11.3 Å². The molecule has 3 aromatic rings. The van der Waals surface area contributed by atoms with Crippen molar-refractivity contribution in [3.8, 4) is 5.75 Å². The van der Waals surface area contributed by atoms with Gasteiger partial charge in [0.1, 0.15) is 5.75 Å². The first-order chi connectivity index (χ1) is 15.5. The minimum absolute atomic E-state index is 0.341. The standard InChI is InChI=1S/C27H27NO4/c1-4-20-15-10-11-19(2)26(20)28-25(29)18-32-27(30)23(21-12-6-5-7-13-21)17-22-14-8-9-16-24(22)31-3/h5-17H,4,18H2,1-3H3,(H,28,29)/b23-17+. The maximum Gasteiger partial charge on any atom is 0.339 e. The van der Waals surface area contributed by atoms with Crippen LogP contribution in [-0.2, 0) is 20.7 Å². The van der Waals surface area contributed by atoms with E-state index in [1.54, 1.807) is 13.2 Å². The molecule has 3 rings (SSSR count). The number of amides is 1. The lowest BCUT2D eigenvalue weighted by molar-refractivity contribution is -0.141. The number of rotatable bonds is 8. The van der Waals surface area contributed by atoms with Crippen molar-refractivity contribution < 1.29 is 19.1 Å². The monoisotopic (exact) mass is 429 g/mol. The first-order valence-electron chi connectivity index (χ1n) is 10.5. The zero-order valence-corrected chi connectivity index (χ0v) is 18.6. The van der Waals surface area contributed by atoms with Gasteiger partial charge in [-0.2, -0.15) is 0 Å². The summed E-state index contributed by atoms with van der Waals surface area (Å²) in [5.41, 5.74) is 4.53. The molecule has 0 aromatic heterocycles. The van der Waals surface area contributed by atoms with Crippen molar-refractivity contribution >= 4 is 29.2 Å². The fourth-order valence-electron chi connectivity index (χ4n) is 3.41. The zero-order valence-electron chi connectivity index (χ0n) is 18.6. The molecular weight excluding hydrogens is 402 g/mol. The Morgan fingerprint density at radius 1 is 0.938 bits per heavy atom. The van der Waals surface area contributed by atoms with Crippen LogP contribution in [0.1, 0.15) is 29.2 Å². The number of esters is 1. The molecule has 0 aliphatic rings. The number of aryl methyl sites for hydroxylation is 2. The average molecular weight is 430 g/mol. The van der Waals surface area contributed by atoms with Gasteiger partial charge in [-0.05, 0) is 42.2 Å². The van der Waals surface area contributed by atoms with Gasteiger partial charge >= 0.3 is 5.97 Å². The first-order valence-corrected chi connectivity index (χ1v) is 10.5. The Labute approximate surface area is 188 Å². The van der Waals surface area contributed by atoms with Crippen molar-refractivity contribution in [2.45, 2.75) is 20.3 Å². The van der Waals surface area contributed by atoms with Crippen LogP contribution in [0.3, 0.4) is 0 Å². The number of hydrogen-bond acceptors (Lipinski definition) is 4. The molecular formula is C27H27NO4. The normalized spacial score (nSPS) is 11.0. The summed E-state index contributed by atoms with van der Waals surface area (Å²) < 4.78 is 10.8. The molecule has 5 heteroatoms. The largest absolute Gasteiger partial charge is 0.496 e. The Morgan fingerprint density at radius 3 is 2.38 bits per heavy atom. The molecule has 1 N–H and O–H groups in total. The van der Waals surface area contributed by atoms with E-state index in [1.165, 1.54) is 0 Å². The van der Waals surface area contributed by atoms with E-state index in [1.807, 2.05) is 86.6 Å². The number of ether oxygens (including phenoxy) is 2. The highest BCUT2D eigenvalue weighted by atomic mass is 16.5. The zero-order chi connectivity index (χ0) is 22.9. The second-order valence-corrected chi connectivity index (χ2v) is 7.25. The molecule has 32 heavy (non-hydrogen) atoms. The summed E-state index contributed by atoms with van der Waals surface area (Å²) in [6.07, 6.45) is 2.50. The van der Waals surface area contributed by atoms with Crippen LogP contribution in [0.4, 0.5) is 5.69 Å². The molecule has 0 aliphatic heterocycles. The van der Waals surface area contributed by atoms with Crippen LogP contribution in [0.2, 0.25) is 0 Å². The van der Waals surface area contributed by atoms with E-state index < -0.39 is 5.97 Å². The molecule has 0 bridgehead atoms. The SMILES string of the molecule is CCc1cccc(C)c1NC(=O)COC(=O)/C(=C/c1ccccc1OC)c1ccccc1. The fourth-order valence-corrected chi connectivity index (χ4v) is 3.41. The Kier molecular flexibility index (Phi) is 7.81. The predicted molar refractivity (Wildman–Crippen MR) is 127 cm³/mol. The summed E-state index contributed by atoms with van der Waals surface area (Å²) in [5, 5.41) is 2.88. The Hall–Kier alpha value is -3.86. The number of methoxy groups -OCH3 is 1. The molecule has 1 amide bonds. The second-order valence-electron chi connectivity index (χ2n) is 7.25. The first kappa shape index (κ1) is 22.8. The predicted octanol–water partition coefficient (Wildman–Crippen LogP) is 5.29. The van der Waals surface area contributed by atoms with Gasteiger partial charge in [-0.15, -0.1) is 0 Å². The Bertz CT molecular complexity index is 1120. The highest BCUT2D eigenvalue weighted by Gasteiger charge is 2.17. The van der Waals surface area contributed by atoms with Crippen molar-refractivity contribution in [1.82, 2.24) is 0 Å². The second kappa shape index (κ2) is 11.0. The number of benzene rings is 3. The molecule has 0 unspecified atom stereocenters. The molecule has 164 valence electrons. The minimum Gasteiger partial charge on any atom is -0.496 e. The van der Waals surface area contributed by atoms with Crippen LogP contribution in [0.15, 0.2) is 72.8 Å². The lowest BCUT2D eigenvalue weighted by Crippen LogP contribution is -2.22. The lowest BCUT2D eigenvalue weighted by Gasteiger charge is -2.14. The number of anilines is 1. The topological polar surface area (TPSA) is 64.6 Å². The van der Waals surface area contributed by atoms with Gasteiger partial charge in [-0.1, -0.05) is 73.7 Å². The molecule has 0 spiro atoms. The lowest BCUT2D eigenvalue weighted by atomic mass is 10.0. The average Bonchev–Trinajstić information content (AvgIpc) is 2.83. The van der Waals surface area contributed by atoms with E-state index in [2.05, 4.69) is 5.32 Å². The van der Waals surface area contributed by atoms with Crippen molar-refractivity contribution in [3.05, 3.63) is 95.1 Å². The Morgan fingerprint density at radius 2 is 1.66 bits per heavy atom. The molecule has 0 saturated heterocycles. The van der Waals surface area contributed by atoms with Gasteiger partial charge in [0.15, 0.2) is 6.61 Å². The van der Waals surface area contributed by atoms with Crippen molar-refractivity contribution in [3.63, 3.8) is 0 Å². The summed E-state index contributed by atoms with van der Waals surface area (Å²) in [6, 6.07) is 22.5. The number of carbonyl (C=O) groups is 2. The molecule has 0 fully saturated rings. The van der Waals surface area contributed by atoms with Crippen LogP contribution in [0, 0.1) is 6.92 Å². The Balaban J connectivity index is 1.79. The minimum atomic E-state index is -0.585. The summed E-state index contributed by atoms with van der Waals surface area (Å²) in [4.78, 5) is 25.5. The summed E-state index contributed by atoms with van der Waals surface area (Å²) in [7, 11) is 1.58. The fraction of sp³-hybridized carbons (Fsp3) is 0.185. The third kappa shape index (κ3) is 5.64. The van der Waals surface area contributed by atoms with E-state index in [4.69, 9.17) is 9.47 Å². The number of hydrogen-bond donors (Lipinski definition) is 1. The third-order valence-electron chi connectivity index (χ3n) is 5.08. The van der Waals surface area contributed by atoms with Gasteiger partial charge < -0.3 is 14.8 Å². The molecule has 0 heterocycles. The van der Waals surface area contributed by atoms with Gasteiger partial charge in [0.25, 0.3) is 5.91 Å². The molecule has 5 nitrogen and oxygen atoms in total. The van der Waals surface area contributed by atoms with Crippen molar-refractivity contribution in [2.75, 3.05) is 19.0 Å². The van der Waals surface area contributed by atoms with E-state index in [0.29, 0.717) is 16.9 Å². The van der Waals surface area contributed by atoms with Crippen LogP contribution in [-0.4, -0.2) is 25.6 Å². The molecule has 0 radical (unpaired) electrons. The molecule has 0 atom stereocenters. The van der Waals surface area contributed by atoms with Crippen LogP contribution in [0.5, 0.6) is 5.75 Å². The summed E-state index contributed by atoms with van der Waals surface area (Å²) >= 11 is 0. The quantitative estimate of drug-likeness (QED) is 0.300. The molecule has 0 aliphatic carbocycles. The molecule has 0 saturated carbocycles. The number of para-hydroxylation sites is 2. The van der Waals surface area contributed by atoms with E-state index in [-0.39, 0.29) is 12.5 Å². The van der Waals surface area contributed by atoms with E-state index in [9.17, 15) is 9.59 Å². The van der Waals surface area contributed by atoms with Crippen molar-refractivity contribution in [1.29, 1.82) is 0 Å². The maximum absolute atomic E-state index is 13.0. The van der Waals surface area contributed by atoms with E-state index >= 15 is 0 Å². The van der Waals surface area contributed by atoms with Gasteiger partial charge in [0.2, 0.25) is 0 Å².